The number of hydrogen-bond donors (Lipinski definition) is 0. The highest BCUT2D eigenvalue weighted by atomic mass is 32.1. The molecule has 5 nitrogen and oxygen atoms in total. The Hall–Kier alpha value is -3.03. The summed E-state index contributed by atoms with van der Waals surface area (Å²) in [6.45, 7) is 3.63. The lowest BCUT2D eigenvalue weighted by Gasteiger charge is -2.33. The Morgan fingerprint density at radius 3 is 2.60 bits per heavy atom. The van der Waals surface area contributed by atoms with Crippen molar-refractivity contribution in [2.24, 2.45) is 0 Å². The van der Waals surface area contributed by atoms with Gasteiger partial charge in [0.1, 0.15) is 16.4 Å². The number of benzene rings is 2. The van der Waals surface area contributed by atoms with E-state index >= 15 is 0 Å². The molecule has 2 aromatic carbocycles. The van der Waals surface area contributed by atoms with Gasteiger partial charge in [-0.25, -0.2) is 9.37 Å². The molecule has 30 heavy (non-hydrogen) atoms. The highest BCUT2D eigenvalue weighted by Gasteiger charge is 2.25. The van der Waals surface area contributed by atoms with Crippen molar-refractivity contribution in [3.63, 3.8) is 0 Å². The number of fused-ring (bicyclic) bond motifs is 1. The Morgan fingerprint density at radius 2 is 1.83 bits per heavy atom. The van der Waals surface area contributed by atoms with Crippen LogP contribution < -0.4 is 0 Å². The van der Waals surface area contributed by atoms with Gasteiger partial charge in [0.25, 0.3) is 5.91 Å². The maximum atomic E-state index is 13.1. The zero-order valence-electron chi connectivity index (χ0n) is 16.3. The van der Waals surface area contributed by atoms with E-state index in [0.717, 1.165) is 46.9 Å². The van der Waals surface area contributed by atoms with Crippen molar-refractivity contribution in [1.29, 1.82) is 0 Å². The number of hydrogen-bond acceptors (Lipinski definition) is 5. The largest absolute Gasteiger partial charge is 0.451 e. The van der Waals surface area contributed by atoms with Gasteiger partial charge in [-0.2, -0.15) is 0 Å². The molecule has 5 rings (SSSR count). The van der Waals surface area contributed by atoms with Gasteiger partial charge in [0.05, 0.1) is 5.69 Å². The average Bonchev–Trinajstić information content (AvgIpc) is 3.41. The molecule has 2 aromatic heterocycles. The fourth-order valence-electron chi connectivity index (χ4n) is 3.69. The number of piperazine rings is 1. The Labute approximate surface area is 177 Å². The van der Waals surface area contributed by atoms with Crippen molar-refractivity contribution in [3.05, 3.63) is 77.2 Å². The van der Waals surface area contributed by atoms with Crippen LogP contribution in [0.1, 0.15) is 16.2 Å². The fourth-order valence-corrected chi connectivity index (χ4v) is 4.50. The van der Waals surface area contributed by atoms with Crippen LogP contribution in [0, 0.1) is 5.82 Å². The van der Waals surface area contributed by atoms with Gasteiger partial charge >= 0.3 is 0 Å². The SMILES string of the molecule is O=C(c1cc2ccccc2o1)N1CCN(Cc2csc(-c3ccc(F)cc3)n2)CC1. The van der Waals surface area contributed by atoms with Crippen molar-refractivity contribution in [1.82, 2.24) is 14.8 Å². The highest BCUT2D eigenvalue weighted by Crippen LogP contribution is 2.25. The Morgan fingerprint density at radius 1 is 1.07 bits per heavy atom. The monoisotopic (exact) mass is 421 g/mol. The molecule has 3 heterocycles. The number of halogens is 1. The van der Waals surface area contributed by atoms with E-state index in [1.807, 2.05) is 40.6 Å². The minimum Gasteiger partial charge on any atom is -0.451 e. The normalized spacial score (nSPS) is 15.0. The molecule has 0 bridgehead atoms. The topological polar surface area (TPSA) is 49.6 Å². The molecule has 1 aliphatic rings. The maximum Gasteiger partial charge on any atom is 0.289 e. The summed E-state index contributed by atoms with van der Waals surface area (Å²) >= 11 is 1.56. The predicted molar refractivity (Wildman–Crippen MR) is 115 cm³/mol. The fraction of sp³-hybridized carbons (Fsp3) is 0.217. The zero-order valence-corrected chi connectivity index (χ0v) is 17.1. The van der Waals surface area contributed by atoms with E-state index in [1.165, 1.54) is 12.1 Å². The number of amides is 1. The summed E-state index contributed by atoms with van der Waals surface area (Å²) in [5.74, 6) is 0.0943. The van der Waals surface area contributed by atoms with Crippen molar-refractivity contribution < 1.29 is 13.6 Å². The lowest BCUT2D eigenvalue weighted by Crippen LogP contribution is -2.48. The smallest absolute Gasteiger partial charge is 0.289 e. The first-order chi connectivity index (χ1) is 14.7. The first-order valence-electron chi connectivity index (χ1n) is 9.86. The van der Waals surface area contributed by atoms with Gasteiger partial charge < -0.3 is 9.32 Å². The van der Waals surface area contributed by atoms with Crippen LogP contribution in [0.5, 0.6) is 0 Å². The van der Waals surface area contributed by atoms with Crippen LogP contribution in [0.15, 0.2) is 64.4 Å². The molecule has 0 unspecified atom stereocenters. The minimum atomic E-state index is -0.245. The highest BCUT2D eigenvalue weighted by molar-refractivity contribution is 7.13. The second kappa shape index (κ2) is 8.01. The molecule has 1 saturated heterocycles. The van der Waals surface area contributed by atoms with E-state index < -0.39 is 0 Å². The molecule has 1 fully saturated rings. The second-order valence-electron chi connectivity index (χ2n) is 7.37. The van der Waals surface area contributed by atoms with Crippen LogP contribution in [0.4, 0.5) is 4.39 Å². The van der Waals surface area contributed by atoms with E-state index in [4.69, 9.17) is 4.42 Å². The van der Waals surface area contributed by atoms with E-state index in [-0.39, 0.29) is 11.7 Å². The van der Waals surface area contributed by atoms with E-state index in [0.29, 0.717) is 18.8 Å². The molecule has 0 radical (unpaired) electrons. The van der Waals surface area contributed by atoms with Gasteiger partial charge in [-0.15, -0.1) is 11.3 Å². The third-order valence-corrected chi connectivity index (χ3v) is 6.26. The summed E-state index contributed by atoms with van der Waals surface area (Å²) in [6, 6.07) is 15.9. The van der Waals surface area contributed by atoms with Crippen LogP contribution in [0.25, 0.3) is 21.5 Å². The first kappa shape index (κ1) is 19.0. The van der Waals surface area contributed by atoms with Crippen LogP contribution in [-0.4, -0.2) is 46.9 Å². The molecule has 7 heteroatoms. The van der Waals surface area contributed by atoms with Crippen molar-refractivity contribution in [2.75, 3.05) is 26.2 Å². The van der Waals surface area contributed by atoms with E-state index in [9.17, 15) is 9.18 Å². The molecule has 4 aromatic rings. The summed E-state index contributed by atoms with van der Waals surface area (Å²) in [5.41, 5.74) is 2.66. The number of aromatic nitrogens is 1. The first-order valence-corrected chi connectivity index (χ1v) is 10.7. The molecule has 0 saturated carbocycles. The number of thiazole rings is 1. The number of furan rings is 1. The Balaban J connectivity index is 1.19. The van der Waals surface area contributed by atoms with Gasteiger partial charge in [0, 0.05) is 49.1 Å². The Bertz CT molecular complexity index is 1140. The lowest BCUT2D eigenvalue weighted by atomic mass is 10.2. The summed E-state index contributed by atoms with van der Waals surface area (Å²) in [4.78, 5) is 21.6. The minimum absolute atomic E-state index is 0.0573. The summed E-state index contributed by atoms with van der Waals surface area (Å²) in [6.07, 6.45) is 0. The maximum absolute atomic E-state index is 13.1. The molecule has 1 aliphatic heterocycles. The molecular weight excluding hydrogens is 401 g/mol. The molecule has 1 amide bonds. The summed E-state index contributed by atoms with van der Waals surface area (Å²) < 4.78 is 18.8. The van der Waals surface area contributed by atoms with Gasteiger partial charge in [-0.3, -0.25) is 9.69 Å². The Kier molecular flexibility index (Phi) is 5.06. The summed E-state index contributed by atoms with van der Waals surface area (Å²) in [7, 11) is 0. The number of para-hydroxylation sites is 1. The van der Waals surface area contributed by atoms with Crippen molar-refractivity contribution >= 4 is 28.2 Å². The van der Waals surface area contributed by atoms with Crippen LogP contribution in [-0.2, 0) is 6.54 Å². The number of nitrogens with zero attached hydrogens (tertiary/aromatic N) is 3. The van der Waals surface area contributed by atoms with Crippen molar-refractivity contribution in [3.8, 4) is 10.6 Å². The van der Waals surface area contributed by atoms with Gasteiger partial charge in [0.2, 0.25) is 0 Å². The number of carbonyl (C=O) groups is 1. The van der Waals surface area contributed by atoms with Crippen LogP contribution in [0.3, 0.4) is 0 Å². The summed E-state index contributed by atoms with van der Waals surface area (Å²) in [5, 5.41) is 3.88. The number of carbonyl (C=O) groups excluding carboxylic acids is 1. The standard InChI is InChI=1S/C23H20FN3O2S/c24-18-7-5-16(6-8-18)22-25-19(15-30-22)14-26-9-11-27(12-10-26)23(28)21-13-17-3-1-2-4-20(17)29-21/h1-8,13,15H,9-12,14H2. The van der Waals surface area contributed by atoms with E-state index in [1.54, 1.807) is 23.5 Å². The molecule has 0 aliphatic carbocycles. The predicted octanol–water partition coefficient (Wildman–Crippen LogP) is 4.65. The average molecular weight is 421 g/mol. The molecular formula is C23H20FN3O2S. The van der Waals surface area contributed by atoms with Gasteiger partial charge in [-0.1, -0.05) is 18.2 Å². The third-order valence-electron chi connectivity index (χ3n) is 5.32. The van der Waals surface area contributed by atoms with Gasteiger partial charge in [-0.05, 0) is 36.4 Å². The van der Waals surface area contributed by atoms with E-state index in [2.05, 4.69) is 9.88 Å². The number of rotatable bonds is 4. The van der Waals surface area contributed by atoms with Gasteiger partial charge in [0.15, 0.2) is 5.76 Å². The quantitative estimate of drug-likeness (QED) is 0.481. The zero-order chi connectivity index (χ0) is 20.5. The molecule has 0 spiro atoms. The molecule has 152 valence electrons. The third kappa shape index (κ3) is 3.86. The lowest BCUT2D eigenvalue weighted by molar-refractivity contribution is 0.0599. The molecule has 0 N–H and O–H groups in total. The van der Waals surface area contributed by atoms with Crippen LogP contribution in [0.2, 0.25) is 0 Å². The second-order valence-corrected chi connectivity index (χ2v) is 8.23. The van der Waals surface area contributed by atoms with Crippen molar-refractivity contribution in [2.45, 2.75) is 6.54 Å². The molecule has 0 atom stereocenters. The van der Waals surface area contributed by atoms with Crippen LogP contribution >= 0.6 is 11.3 Å².